The SMILES string of the molecule is CS(=O)(=O)c1cc([N+](=O)[O-])ccc1NC1CCc2c(Br)cccc21. The molecular weight excluding hydrogens is 396 g/mol. The van der Waals surface area contributed by atoms with E-state index in [-0.39, 0.29) is 16.6 Å². The van der Waals surface area contributed by atoms with Crippen LogP contribution in [0, 0.1) is 10.1 Å². The molecule has 0 radical (unpaired) electrons. The van der Waals surface area contributed by atoms with Crippen molar-refractivity contribution >= 4 is 37.1 Å². The molecule has 0 bridgehead atoms. The number of anilines is 1. The number of hydrogen-bond acceptors (Lipinski definition) is 5. The van der Waals surface area contributed by atoms with E-state index < -0.39 is 14.8 Å². The summed E-state index contributed by atoms with van der Waals surface area (Å²) in [5.74, 6) is 0. The van der Waals surface area contributed by atoms with Gasteiger partial charge in [0.2, 0.25) is 0 Å². The molecule has 2 aromatic carbocycles. The van der Waals surface area contributed by atoms with Crippen LogP contribution in [0.2, 0.25) is 0 Å². The molecule has 1 atom stereocenters. The van der Waals surface area contributed by atoms with E-state index in [2.05, 4.69) is 21.2 Å². The number of nitrogens with one attached hydrogen (secondary N) is 1. The van der Waals surface area contributed by atoms with E-state index in [9.17, 15) is 18.5 Å². The number of halogens is 1. The summed E-state index contributed by atoms with van der Waals surface area (Å²) in [5.41, 5.74) is 2.47. The molecule has 0 aromatic heterocycles. The minimum absolute atomic E-state index is 0.0283. The maximum Gasteiger partial charge on any atom is 0.270 e. The lowest BCUT2D eigenvalue weighted by atomic mass is 10.1. The van der Waals surface area contributed by atoms with Gasteiger partial charge in [-0.25, -0.2) is 8.42 Å². The van der Waals surface area contributed by atoms with Crippen molar-refractivity contribution in [3.05, 3.63) is 62.1 Å². The lowest BCUT2D eigenvalue weighted by Gasteiger charge is -2.18. The second-order valence-electron chi connectivity index (χ2n) is 5.75. The fourth-order valence-corrected chi connectivity index (χ4v) is 4.44. The van der Waals surface area contributed by atoms with E-state index in [0.717, 1.165) is 35.2 Å². The third kappa shape index (κ3) is 3.16. The van der Waals surface area contributed by atoms with Gasteiger partial charge in [-0.1, -0.05) is 28.1 Å². The zero-order chi connectivity index (χ0) is 17.5. The van der Waals surface area contributed by atoms with Crippen molar-refractivity contribution in [1.82, 2.24) is 0 Å². The summed E-state index contributed by atoms with van der Waals surface area (Å²) >= 11 is 3.53. The van der Waals surface area contributed by atoms with Crippen molar-refractivity contribution in [2.24, 2.45) is 0 Å². The molecular formula is C16H15BrN2O4S. The second-order valence-corrected chi connectivity index (χ2v) is 8.59. The smallest absolute Gasteiger partial charge is 0.270 e. The van der Waals surface area contributed by atoms with Gasteiger partial charge in [0.1, 0.15) is 0 Å². The summed E-state index contributed by atoms with van der Waals surface area (Å²) in [6.45, 7) is 0. The molecule has 0 heterocycles. The van der Waals surface area contributed by atoms with Crippen molar-refractivity contribution < 1.29 is 13.3 Å². The van der Waals surface area contributed by atoms with Crippen molar-refractivity contribution in [3.8, 4) is 0 Å². The first-order valence-corrected chi connectivity index (χ1v) is 9.98. The van der Waals surface area contributed by atoms with Crippen molar-refractivity contribution in [2.45, 2.75) is 23.8 Å². The van der Waals surface area contributed by atoms with Crippen LogP contribution in [0.4, 0.5) is 11.4 Å². The van der Waals surface area contributed by atoms with Crippen LogP contribution in [0.25, 0.3) is 0 Å². The summed E-state index contributed by atoms with van der Waals surface area (Å²) in [7, 11) is -3.59. The minimum atomic E-state index is -3.59. The summed E-state index contributed by atoms with van der Waals surface area (Å²) in [6.07, 6.45) is 2.77. The predicted octanol–water partition coefficient (Wildman–Crippen LogP) is 3.86. The van der Waals surface area contributed by atoms with Crippen LogP contribution in [0.5, 0.6) is 0 Å². The van der Waals surface area contributed by atoms with Gasteiger partial charge >= 0.3 is 0 Å². The Morgan fingerprint density at radius 3 is 2.71 bits per heavy atom. The van der Waals surface area contributed by atoms with Gasteiger partial charge in [-0.15, -0.1) is 0 Å². The fraction of sp³-hybridized carbons (Fsp3) is 0.250. The van der Waals surface area contributed by atoms with E-state index in [1.54, 1.807) is 0 Å². The maximum absolute atomic E-state index is 12.0. The van der Waals surface area contributed by atoms with Gasteiger partial charge in [-0.2, -0.15) is 0 Å². The highest BCUT2D eigenvalue weighted by Crippen LogP contribution is 2.39. The molecule has 1 aliphatic carbocycles. The Labute approximate surface area is 148 Å². The number of nitro benzene ring substituents is 1. The molecule has 1 unspecified atom stereocenters. The normalized spacial score (nSPS) is 16.7. The third-order valence-corrected chi connectivity index (χ3v) is 6.00. The molecule has 1 N–H and O–H groups in total. The highest BCUT2D eigenvalue weighted by molar-refractivity contribution is 9.10. The number of rotatable bonds is 4. The lowest BCUT2D eigenvalue weighted by molar-refractivity contribution is -0.385. The van der Waals surface area contributed by atoms with Crippen LogP contribution < -0.4 is 5.32 Å². The number of sulfone groups is 1. The zero-order valence-corrected chi connectivity index (χ0v) is 15.2. The molecule has 24 heavy (non-hydrogen) atoms. The largest absolute Gasteiger partial charge is 0.377 e. The number of hydrogen-bond donors (Lipinski definition) is 1. The van der Waals surface area contributed by atoms with Crippen molar-refractivity contribution in [3.63, 3.8) is 0 Å². The van der Waals surface area contributed by atoms with Crippen LogP contribution in [-0.4, -0.2) is 19.6 Å². The molecule has 1 aliphatic rings. The average Bonchev–Trinajstić information content (AvgIpc) is 2.91. The number of benzene rings is 2. The van der Waals surface area contributed by atoms with Gasteiger partial charge in [0, 0.05) is 22.9 Å². The third-order valence-electron chi connectivity index (χ3n) is 4.12. The molecule has 6 nitrogen and oxygen atoms in total. The highest BCUT2D eigenvalue weighted by Gasteiger charge is 2.26. The summed E-state index contributed by atoms with van der Waals surface area (Å²) in [6, 6.07) is 9.79. The number of nitrogens with zero attached hydrogens (tertiary/aromatic N) is 1. The van der Waals surface area contributed by atoms with Crippen LogP contribution in [0.3, 0.4) is 0 Å². The Morgan fingerprint density at radius 1 is 1.29 bits per heavy atom. The maximum atomic E-state index is 12.0. The van der Waals surface area contributed by atoms with Gasteiger partial charge < -0.3 is 5.32 Å². The summed E-state index contributed by atoms with van der Waals surface area (Å²) < 4.78 is 25.1. The van der Waals surface area contributed by atoms with Crippen LogP contribution in [0.15, 0.2) is 45.8 Å². The van der Waals surface area contributed by atoms with Gasteiger partial charge in [-0.3, -0.25) is 10.1 Å². The quantitative estimate of drug-likeness (QED) is 0.610. The van der Waals surface area contributed by atoms with Gasteiger partial charge in [0.05, 0.1) is 21.5 Å². The van der Waals surface area contributed by atoms with Gasteiger partial charge in [-0.05, 0) is 36.1 Å². The standard InChI is InChI=1S/C16H15BrN2O4S/c1-24(22,23)16-9-10(19(20)21)5-7-15(16)18-14-8-6-11-12(14)3-2-4-13(11)17/h2-5,7,9,14,18H,6,8H2,1H3. The minimum Gasteiger partial charge on any atom is -0.377 e. The fourth-order valence-electron chi connectivity index (χ4n) is 3.00. The van der Waals surface area contributed by atoms with Crippen LogP contribution in [-0.2, 0) is 16.3 Å². The molecule has 0 spiro atoms. The highest BCUT2D eigenvalue weighted by atomic mass is 79.9. The monoisotopic (exact) mass is 410 g/mol. The zero-order valence-electron chi connectivity index (χ0n) is 12.8. The van der Waals surface area contributed by atoms with E-state index in [0.29, 0.717) is 5.69 Å². The first kappa shape index (κ1) is 16.9. The average molecular weight is 411 g/mol. The van der Waals surface area contributed by atoms with Crippen molar-refractivity contribution in [2.75, 3.05) is 11.6 Å². The molecule has 0 amide bonds. The topological polar surface area (TPSA) is 89.3 Å². The van der Waals surface area contributed by atoms with E-state index in [1.807, 2.05) is 18.2 Å². The second kappa shape index (κ2) is 6.18. The van der Waals surface area contributed by atoms with Crippen LogP contribution >= 0.6 is 15.9 Å². The molecule has 0 saturated heterocycles. The van der Waals surface area contributed by atoms with Gasteiger partial charge in [0.15, 0.2) is 9.84 Å². The molecule has 8 heteroatoms. The molecule has 0 fully saturated rings. The number of fused-ring (bicyclic) bond motifs is 1. The van der Waals surface area contributed by atoms with Crippen molar-refractivity contribution in [1.29, 1.82) is 0 Å². The van der Waals surface area contributed by atoms with E-state index in [1.165, 1.54) is 17.7 Å². The lowest BCUT2D eigenvalue weighted by Crippen LogP contribution is -2.11. The van der Waals surface area contributed by atoms with Crippen LogP contribution in [0.1, 0.15) is 23.6 Å². The Hall–Kier alpha value is -1.93. The number of non-ortho nitro benzene ring substituents is 1. The predicted molar refractivity (Wildman–Crippen MR) is 95.0 cm³/mol. The molecule has 3 rings (SSSR count). The molecule has 126 valence electrons. The Bertz CT molecular complexity index is 928. The molecule has 0 saturated carbocycles. The molecule has 2 aromatic rings. The summed E-state index contributed by atoms with van der Waals surface area (Å²) in [5, 5.41) is 14.2. The van der Waals surface area contributed by atoms with E-state index in [4.69, 9.17) is 0 Å². The first-order chi connectivity index (χ1) is 11.3. The molecule has 0 aliphatic heterocycles. The first-order valence-electron chi connectivity index (χ1n) is 7.29. The Kier molecular flexibility index (Phi) is 4.35. The number of nitro groups is 1. The van der Waals surface area contributed by atoms with Gasteiger partial charge in [0.25, 0.3) is 5.69 Å². The Morgan fingerprint density at radius 2 is 2.04 bits per heavy atom. The van der Waals surface area contributed by atoms with E-state index >= 15 is 0 Å². The Balaban J connectivity index is 2.00. The summed E-state index contributed by atoms with van der Waals surface area (Å²) in [4.78, 5) is 10.3.